The Labute approximate surface area is 174 Å². The minimum Gasteiger partial charge on any atom is -0.320 e. The Hall–Kier alpha value is -1.44. The first kappa shape index (κ1) is 22.2. The van der Waals surface area contributed by atoms with Gasteiger partial charge in [0.15, 0.2) is 5.13 Å². The molecule has 1 aliphatic heterocycles. The van der Waals surface area contributed by atoms with Gasteiger partial charge >= 0.3 is 6.11 Å². The number of pyridine rings is 1. The Morgan fingerprint density at radius 2 is 1.97 bits per heavy atom. The summed E-state index contributed by atoms with van der Waals surface area (Å²) >= 11 is 1.12. The Balaban J connectivity index is 1.76. The Kier molecular flexibility index (Phi) is 6.41. The second-order valence-electron chi connectivity index (χ2n) is 8.72. The molecule has 0 aliphatic carbocycles. The van der Waals surface area contributed by atoms with Crippen LogP contribution in [0, 0.1) is 17.5 Å². The van der Waals surface area contributed by atoms with Gasteiger partial charge in [0.1, 0.15) is 0 Å². The van der Waals surface area contributed by atoms with Gasteiger partial charge in [0.2, 0.25) is 0 Å². The zero-order chi connectivity index (χ0) is 21.3. The standard InChI is InChI=1S/C22H29F3N2OS/c1-16-5-6-17(13-26-16)20(2,3)27-12-11-22(14-27,15-28-21(4,24)25)10-9-18-7-8-19(23)29-18/h5-8,13H,9-12,14-15H2,1-4H3/t22-/m1/s1. The van der Waals surface area contributed by atoms with Gasteiger partial charge in [-0.2, -0.15) is 13.2 Å². The van der Waals surface area contributed by atoms with Crippen molar-refractivity contribution in [3.63, 3.8) is 0 Å². The predicted octanol–water partition coefficient (Wildman–Crippen LogP) is 5.78. The van der Waals surface area contributed by atoms with Crippen molar-refractivity contribution in [3.8, 4) is 0 Å². The summed E-state index contributed by atoms with van der Waals surface area (Å²) in [5.41, 5.74) is 1.39. The number of rotatable bonds is 8. The monoisotopic (exact) mass is 426 g/mol. The summed E-state index contributed by atoms with van der Waals surface area (Å²) in [6, 6.07) is 7.30. The van der Waals surface area contributed by atoms with Gasteiger partial charge < -0.3 is 4.74 Å². The number of alkyl halides is 2. The van der Waals surface area contributed by atoms with Crippen LogP contribution in [0.1, 0.15) is 49.7 Å². The van der Waals surface area contributed by atoms with Crippen LogP contribution in [0.4, 0.5) is 13.2 Å². The SMILES string of the molecule is Cc1ccc(C(C)(C)N2CC[C@@](CCc3ccc(F)s3)(COC(C)(F)F)C2)cn1. The minimum atomic E-state index is -3.16. The van der Waals surface area contributed by atoms with E-state index in [0.29, 0.717) is 19.4 Å². The molecule has 0 radical (unpaired) electrons. The second-order valence-corrected chi connectivity index (χ2v) is 9.84. The van der Waals surface area contributed by atoms with E-state index in [-0.39, 0.29) is 17.3 Å². The van der Waals surface area contributed by atoms with E-state index < -0.39 is 11.5 Å². The van der Waals surface area contributed by atoms with Gasteiger partial charge in [-0.3, -0.25) is 9.88 Å². The van der Waals surface area contributed by atoms with E-state index in [1.807, 2.05) is 19.2 Å². The Bertz CT molecular complexity index is 816. The van der Waals surface area contributed by atoms with Crippen LogP contribution in [0.15, 0.2) is 30.5 Å². The number of thiophene rings is 1. The van der Waals surface area contributed by atoms with Gasteiger partial charge in [-0.05, 0) is 70.3 Å². The van der Waals surface area contributed by atoms with Crippen molar-refractivity contribution in [2.24, 2.45) is 5.41 Å². The largest absolute Gasteiger partial charge is 0.352 e. The molecule has 0 unspecified atom stereocenters. The van der Waals surface area contributed by atoms with E-state index >= 15 is 0 Å². The summed E-state index contributed by atoms with van der Waals surface area (Å²) in [5.74, 6) is 0. The van der Waals surface area contributed by atoms with Crippen molar-refractivity contribution in [2.75, 3.05) is 19.7 Å². The lowest BCUT2D eigenvalue weighted by atomic mass is 9.82. The molecule has 0 saturated carbocycles. The number of aryl methyl sites for hydroxylation is 2. The molecule has 3 rings (SSSR count). The molecule has 0 bridgehead atoms. The van der Waals surface area contributed by atoms with Crippen LogP contribution in [0.5, 0.6) is 0 Å². The molecule has 1 fully saturated rings. The second kappa shape index (κ2) is 8.36. The van der Waals surface area contributed by atoms with Crippen LogP contribution in [0.3, 0.4) is 0 Å². The molecule has 160 valence electrons. The molecule has 3 heterocycles. The van der Waals surface area contributed by atoms with Crippen molar-refractivity contribution in [1.29, 1.82) is 0 Å². The zero-order valence-corrected chi connectivity index (χ0v) is 18.3. The third-order valence-corrected chi connectivity index (χ3v) is 6.94. The first-order chi connectivity index (χ1) is 13.5. The van der Waals surface area contributed by atoms with Gasteiger partial charge in [-0.25, -0.2) is 0 Å². The lowest BCUT2D eigenvalue weighted by Gasteiger charge is -2.38. The van der Waals surface area contributed by atoms with Gasteiger partial charge in [0.05, 0.1) is 6.61 Å². The average Bonchev–Trinajstić information content (AvgIpc) is 3.26. The molecular weight excluding hydrogens is 397 g/mol. The van der Waals surface area contributed by atoms with Crippen molar-refractivity contribution in [2.45, 2.75) is 58.6 Å². The molecule has 0 N–H and O–H groups in total. The van der Waals surface area contributed by atoms with Gasteiger partial charge in [0, 0.05) is 41.2 Å². The number of nitrogens with zero attached hydrogens (tertiary/aromatic N) is 2. The maximum absolute atomic E-state index is 13.5. The lowest BCUT2D eigenvalue weighted by Crippen LogP contribution is -2.43. The van der Waals surface area contributed by atoms with Crippen molar-refractivity contribution >= 4 is 11.3 Å². The molecule has 2 aromatic heterocycles. The number of ether oxygens (including phenoxy) is 1. The minimum absolute atomic E-state index is 0.0108. The van der Waals surface area contributed by atoms with E-state index in [0.717, 1.165) is 47.4 Å². The topological polar surface area (TPSA) is 25.4 Å². The third kappa shape index (κ3) is 5.58. The Morgan fingerprint density at radius 3 is 2.55 bits per heavy atom. The summed E-state index contributed by atoms with van der Waals surface area (Å²) in [5, 5.41) is -0.216. The van der Waals surface area contributed by atoms with Crippen LogP contribution in [0.25, 0.3) is 0 Å². The van der Waals surface area contributed by atoms with Gasteiger partial charge in [-0.1, -0.05) is 6.07 Å². The summed E-state index contributed by atoms with van der Waals surface area (Å²) in [4.78, 5) is 7.68. The fourth-order valence-electron chi connectivity index (χ4n) is 3.97. The highest BCUT2D eigenvalue weighted by Crippen LogP contribution is 2.42. The van der Waals surface area contributed by atoms with Gasteiger partial charge in [-0.15, -0.1) is 11.3 Å². The molecule has 3 nitrogen and oxygen atoms in total. The first-order valence-electron chi connectivity index (χ1n) is 9.93. The number of aromatic nitrogens is 1. The molecule has 0 spiro atoms. The molecule has 0 amide bonds. The average molecular weight is 427 g/mol. The molecule has 7 heteroatoms. The number of likely N-dealkylation sites (tertiary alicyclic amines) is 1. The van der Waals surface area contributed by atoms with Crippen LogP contribution in [0.2, 0.25) is 0 Å². The zero-order valence-electron chi connectivity index (χ0n) is 17.5. The highest BCUT2D eigenvalue weighted by Gasteiger charge is 2.45. The maximum Gasteiger partial charge on any atom is 0.352 e. The van der Waals surface area contributed by atoms with E-state index in [2.05, 4.69) is 29.8 Å². The van der Waals surface area contributed by atoms with Crippen LogP contribution in [-0.2, 0) is 16.7 Å². The quantitative estimate of drug-likeness (QED) is 0.535. The van der Waals surface area contributed by atoms with Crippen LogP contribution < -0.4 is 0 Å². The van der Waals surface area contributed by atoms with E-state index in [4.69, 9.17) is 4.74 Å². The normalized spacial score (nSPS) is 21.1. The fourth-order valence-corrected chi connectivity index (χ4v) is 4.70. The number of hydrogen-bond acceptors (Lipinski definition) is 4. The van der Waals surface area contributed by atoms with Gasteiger partial charge in [0.25, 0.3) is 0 Å². The molecule has 2 aromatic rings. The van der Waals surface area contributed by atoms with Crippen molar-refractivity contribution in [3.05, 3.63) is 51.7 Å². The highest BCUT2D eigenvalue weighted by atomic mass is 32.1. The van der Waals surface area contributed by atoms with E-state index in [1.165, 1.54) is 6.07 Å². The van der Waals surface area contributed by atoms with Crippen LogP contribution >= 0.6 is 11.3 Å². The molecule has 1 atom stereocenters. The molecule has 29 heavy (non-hydrogen) atoms. The van der Waals surface area contributed by atoms with Crippen molar-refractivity contribution < 1.29 is 17.9 Å². The third-order valence-electron chi connectivity index (χ3n) is 6.01. The maximum atomic E-state index is 13.5. The Morgan fingerprint density at radius 1 is 1.21 bits per heavy atom. The molecule has 0 aromatic carbocycles. The molecule has 1 saturated heterocycles. The highest BCUT2D eigenvalue weighted by molar-refractivity contribution is 7.10. The van der Waals surface area contributed by atoms with Crippen LogP contribution in [-0.4, -0.2) is 35.7 Å². The summed E-state index contributed by atoms with van der Waals surface area (Å²) in [6.07, 6.45) is 0.835. The molecule has 1 aliphatic rings. The number of hydrogen-bond donors (Lipinski definition) is 0. The molecular formula is C22H29F3N2OS. The number of halogens is 3. The summed E-state index contributed by atoms with van der Waals surface area (Å²) < 4.78 is 45.2. The summed E-state index contributed by atoms with van der Waals surface area (Å²) in [7, 11) is 0. The summed E-state index contributed by atoms with van der Waals surface area (Å²) in [6.45, 7) is 8.44. The van der Waals surface area contributed by atoms with E-state index in [1.54, 1.807) is 6.07 Å². The predicted molar refractivity (Wildman–Crippen MR) is 110 cm³/mol. The van der Waals surface area contributed by atoms with E-state index in [9.17, 15) is 13.2 Å². The van der Waals surface area contributed by atoms with Crippen molar-refractivity contribution in [1.82, 2.24) is 9.88 Å². The fraction of sp³-hybridized carbons (Fsp3) is 0.591. The lowest BCUT2D eigenvalue weighted by molar-refractivity contribution is -0.238. The first-order valence-corrected chi connectivity index (χ1v) is 10.8. The smallest absolute Gasteiger partial charge is 0.320 e.